The van der Waals surface area contributed by atoms with Gasteiger partial charge in [-0.2, -0.15) is 0 Å². The molecule has 3 heterocycles. The van der Waals surface area contributed by atoms with Crippen LogP contribution in [0.5, 0.6) is 0 Å². The van der Waals surface area contributed by atoms with E-state index in [1.807, 2.05) is 17.5 Å². The summed E-state index contributed by atoms with van der Waals surface area (Å²) in [7, 11) is 1.71. The van der Waals surface area contributed by atoms with Crippen molar-refractivity contribution in [2.24, 2.45) is 7.05 Å². The largest absolute Gasteiger partial charge is 0.382 e. The molecule has 0 atom stereocenters. The maximum absolute atomic E-state index is 11.5. The maximum atomic E-state index is 11.5. The molecule has 0 unspecified atom stereocenters. The molecule has 2 N–H and O–H groups in total. The van der Waals surface area contributed by atoms with Crippen molar-refractivity contribution in [1.82, 2.24) is 14.5 Å². The van der Waals surface area contributed by atoms with E-state index in [-0.39, 0.29) is 5.56 Å². The summed E-state index contributed by atoms with van der Waals surface area (Å²) >= 11 is 1.57. The van der Waals surface area contributed by atoms with Crippen LogP contribution < -0.4 is 11.3 Å². The molecule has 0 spiro atoms. The first-order valence-electron chi connectivity index (χ1n) is 5.98. The highest BCUT2D eigenvalue weighted by atomic mass is 32.1. The zero-order valence-corrected chi connectivity index (χ0v) is 11.6. The lowest BCUT2D eigenvalue weighted by Crippen LogP contribution is -2.14. The first kappa shape index (κ1) is 12.6. The van der Waals surface area contributed by atoms with Crippen LogP contribution in [0, 0.1) is 0 Å². The number of aromatic nitrogens is 3. The summed E-state index contributed by atoms with van der Waals surface area (Å²) in [6.45, 7) is 0. The van der Waals surface area contributed by atoms with Crippen LogP contribution in [0.3, 0.4) is 0 Å². The molecular formula is C14H12N4OS. The second-order valence-corrected chi connectivity index (χ2v) is 5.28. The molecular weight excluding hydrogens is 272 g/mol. The van der Waals surface area contributed by atoms with Gasteiger partial charge in [-0.05, 0) is 17.5 Å². The standard InChI is InChI=1S/C14H12N4OS/c1-18-8-9(4-5-12(18)19)13-14(10-3-2-6-20-10)17-11(15)7-16-13/h2-8H,1H3,(H2,15,17). The van der Waals surface area contributed by atoms with Gasteiger partial charge in [-0.1, -0.05) is 6.07 Å². The third kappa shape index (κ3) is 2.21. The molecule has 6 heteroatoms. The Kier molecular flexibility index (Phi) is 3.08. The Morgan fingerprint density at radius 1 is 1.25 bits per heavy atom. The minimum Gasteiger partial charge on any atom is -0.382 e. The molecule has 5 nitrogen and oxygen atoms in total. The molecule has 0 aliphatic rings. The highest BCUT2D eigenvalue weighted by Crippen LogP contribution is 2.31. The zero-order valence-electron chi connectivity index (χ0n) is 10.8. The number of hydrogen-bond acceptors (Lipinski definition) is 5. The lowest BCUT2D eigenvalue weighted by molar-refractivity contribution is 0.861. The SMILES string of the molecule is Cn1cc(-c2ncc(N)nc2-c2cccs2)ccc1=O. The van der Waals surface area contributed by atoms with Gasteiger partial charge in [-0.15, -0.1) is 11.3 Å². The van der Waals surface area contributed by atoms with E-state index in [9.17, 15) is 4.79 Å². The zero-order chi connectivity index (χ0) is 14.1. The van der Waals surface area contributed by atoms with Gasteiger partial charge < -0.3 is 10.3 Å². The first-order valence-corrected chi connectivity index (χ1v) is 6.86. The molecule has 0 fully saturated rings. The van der Waals surface area contributed by atoms with Gasteiger partial charge in [-0.3, -0.25) is 9.78 Å². The van der Waals surface area contributed by atoms with Crippen LogP contribution in [-0.4, -0.2) is 14.5 Å². The molecule has 0 aromatic carbocycles. The Bertz CT molecular complexity index is 808. The van der Waals surface area contributed by atoms with E-state index in [0.717, 1.165) is 21.8 Å². The van der Waals surface area contributed by atoms with Crippen molar-refractivity contribution in [3.63, 3.8) is 0 Å². The quantitative estimate of drug-likeness (QED) is 0.782. The van der Waals surface area contributed by atoms with E-state index in [1.54, 1.807) is 30.6 Å². The number of nitrogen functional groups attached to an aromatic ring is 1. The fourth-order valence-corrected chi connectivity index (χ4v) is 2.65. The van der Waals surface area contributed by atoms with E-state index in [4.69, 9.17) is 5.73 Å². The smallest absolute Gasteiger partial charge is 0.250 e. The highest BCUT2D eigenvalue weighted by Gasteiger charge is 2.12. The van der Waals surface area contributed by atoms with Crippen molar-refractivity contribution >= 4 is 17.2 Å². The van der Waals surface area contributed by atoms with E-state index in [0.29, 0.717) is 5.82 Å². The molecule has 3 aromatic heterocycles. The summed E-state index contributed by atoms with van der Waals surface area (Å²) in [6.07, 6.45) is 3.27. The van der Waals surface area contributed by atoms with Crippen LogP contribution in [0.4, 0.5) is 5.82 Å². The van der Waals surface area contributed by atoms with Gasteiger partial charge in [0.2, 0.25) is 5.56 Å². The van der Waals surface area contributed by atoms with Crippen LogP contribution in [0.25, 0.3) is 21.8 Å². The normalized spacial score (nSPS) is 10.7. The van der Waals surface area contributed by atoms with Gasteiger partial charge >= 0.3 is 0 Å². The maximum Gasteiger partial charge on any atom is 0.250 e. The number of hydrogen-bond donors (Lipinski definition) is 1. The van der Waals surface area contributed by atoms with Gasteiger partial charge in [0.1, 0.15) is 11.5 Å². The van der Waals surface area contributed by atoms with E-state index >= 15 is 0 Å². The van der Waals surface area contributed by atoms with Crippen molar-refractivity contribution in [2.45, 2.75) is 0 Å². The Morgan fingerprint density at radius 2 is 2.10 bits per heavy atom. The topological polar surface area (TPSA) is 73.8 Å². The van der Waals surface area contributed by atoms with Gasteiger partial charge in [-0.25, -0.2) is 4.98 Å². The van der Waals surface area contributed by atoms with E-state index in [1.165, 1.54) is 16.8 Å². The molecule has 0 saturated carbocycles. The van der Waals surface area contributed by atoms with E-state index in [2.05, 4.69) is 9.97 Å². The summed E-state index contributed by atoms with van der Waals surface area (Å²) in [6, 6.07) is 7.19. The van der Waals surface area contributed by atoms with Crippen molar-refractivity contribution < 1.29 is 0 Å². The average molecular weight is 284 g/mol. The number of pyridine rings is 1. The molecule has 0 amide bonds. The minimum atomic E-state index is -0.0603. The minimum absolute atomic E-state index is 0.0603. The molecule has 0 radical (unpaired) electrons. The molecule has 0 saturated heterocycles. The Hall–Kier alpha value is -2.47. The molecule has 3 aromatic rings. The predicted octanol–water partition coefficient (Wildman–Crippen LogP) is 2.15. The average Bonchev–Trinajstić information content (AvgIpc) is 2.96. The second-order valence-electron chi connectivity index (χ2n) is 4.34. The fourth-order valence-electron chi connectivity index (χ4n) is 1.93. The van der Waals surface area contributed by atoms with Crippen molar-refractivity contribution in [2.75, 3.05) is 5.73 Å². The van der Waals surface area contributed by atoms with E-state index < -0.39 is 0 Å². The third-order valence-corrected chi connectivity index (χ3v) is 3.78. The third-order valence-electron chi connectivity index (χ3n) is 2.90. The monoisotopic (exact) mass is 284 g/mol. The predicted molar refractivity (Wildman–Crippen MR) is 80.4 cm³/mol. The Balaban J connectivity index is 2.23. The van der Waals surface area contributed by atoms with Crippen molar-refractivity contribution in [3.8, 4) is 21.8 Å². The highest BCUT2D eigenvalue weighted by molar-refractivity contribution is 7.13. The van der Waals surface area contributed by atoms with Gasteiger partial charge in [0.25, 0.3) is 0 Å². The Labute approximate surface area is 119 Å². The number of nitrogens with zero attached hydrogens (tertiary/aromatic N) is 3. The summed E-state index contributed by atoms with van der Waals surface area (Å²) in [4.78, 5) is 21.2. The number of anilines is 1. The van der Waals surface area contributed by atoms with Crippen molar-refractivity contribution in [3.05, 3.63) is 52.4 Å². The number of thiophene rings is 1. The van der Waals surface area contributed by atoms with Crippen molar-refractivity contribution in [1.29, 1.82) is 0 Å². The van der Waals surface area contributed by atoms with Gasteiger partial charge in [0, 0.05) is 24.9 Å². The molecule has 20 heavy (non-hydrogen) atoms. The van der Waals surface area contributed by atoms with Crippen LogP contribution >= 0.6 is 11.3 Å². The molecule has 0 aliphatic carbocycles. The lowest BCUT2D eigenvalue weighted by atomic mass is 10.1. The van der Waals surface area contributed by atoms with Crippen LogP contribution in [0.15, 0.2) is 46.8 Å². The fraction of sp³-hybridized carbons (Fsp3) is 0.0714. The molecule has 3 rings (SSSR count). The van der Waals surface area contributed by atoms with Crippen LogP contribution in [-0.2, 0) is 7.05 Å². The van der Waals surface area contributed by atoms with Crippen LogP contribution in [0.1, 0.15) is 0 Å². The summed E-state index contributed by atoms with van der Waals surface area (Å²) in [5.41, 5.74) is 7.97. The second kappa shape index (κ2) is 4.90. The van der Waals surface area contributed by atoms with Gasteiger partial charge in [0.15, 0.2) is 0 Å². The molecule has 0 bridgehead atoms. The molecule has 0 aliphatic heterocycles. The molecule has 100 valence electrons. The summed E-state index contributed by atoms with van der Waals surface area (Å²) < 4.78 is 1.52. The summed E-state index contributed by atoms with van der Waals surface area (Å²) in [5.74, 6) is 0.377. The first-order chi connectivity index (χ1) is 9.65. The number of aryl methyl sites for hydroxylation is 1. The number of nitrogens with two attached hydrogens (primary N) is 1. The Morgan fingerprint density at radius 3 is 2.80 bits per heavy atom. The van der Waals surface area contributed by atoms with Gasteiger partial charge in [0.05, 0.1) is 16.8 Å². The number of rotatable bonds is 2. The lowest BCUT2D eigenvalue weighted by Gasteiger charge is -2.08. The summed E-state index contributed by atoms with van der Waals surface area (Å²) in [5, 5.41) is 1.98. The van der Waals surface area contributed by atoms with Crippen LogP contribution in [0.2, 0.25) is 0 Å².